The fourth-order valence-corrected chi connectivity index (χ4v) is 2.95. The summed E-state index contributed by atoms with van der Waals surface area (Å²) in [7, 11) is 0. The number of carbonyl (C=O) groups is 2. The minimum Gasteiger partial charge on any atom is -0.355 e. The third-order valence-electron chi connectivity index (χ3n) is 4.03. The van der Waals surface area contributed by atoms with Crippen molar-refractivity contribution in [3.05, 3.63) is 0 Å². The molecule has 5 nitrogen and oxygen atoms in total. The fraction of sp³-hybridized carbons (Fsp3) is 0.833. The number of imide groups is 1. The second kappa shape index (κ2) is 4.38. The van der Waals surface area contributed by atoms with Gasteiger partial charge in [0.25, 0.3) is 11.8 Å². The lowest BCUT2D eigenvalue weighted by molar-refractivity contribution is -0.168. The SMILES string of the molecule is O=C1C2CCC(O2)C(=O)N1CCC1CCNC1. The number of amides is 2. The maximum atomic E-state index is 12.0. The molecule has 0 aromatic carbocycles. The molecule has 17 heavy (non-hydrogen) atoms. The van der Waals surface area contributed by atoms with E-state index in [0.717, 1.165) is 25.9 Å². The quantitative estimate of drug-likeness (QED) is 0.698. The first-order chi connectivity index (χ1) is 8.25. The number of nitrogens with one attached hydrogen (secondary N) is 1. The summed E-state index contributed by atoms with van der Waals surface area (Å²) in [4.78, 5) is 25.4. The zero-order valence-corrected chi connectivity index (χ0v) is 9.85. The summed E-state index contributed by atoms with van der Waals surface area (Å²) in [5.74, 6) is 0.375. The van der Waals surface area contributed by atoms with Crippen LogP contribution in [-0.2, 0) is 14.3 Å². The molecule has 3 aliphatic rings. The number of carbonyl (C=O) groups excluding carboxylic acids is 2. The number of morpholine rings is 1. The molecule has 1 N–H and O–H groups in total. The predicted molar refractivity (Wildman–Crippen MR) is 60.2 cm³/mol. The smallest absolute Gasteiger partial charge is 0.258 e. The Balaban J connectivity index is 1.61. The molecule has 94 valence electrons. The molecule has 3 rings (SSSR count). The molecule has 0 aromatic heterocycles. The van der Waals surface area contributed by atoms with Gasteiger partial charge in [0.05, 0.1) is 0 Å². The summed E-state index contributed by atoms with van der Waals surface area (Å²) >= 11 is 0. The topological polar surface area (TPSA) is 58.6 Å². The minimum absolute atomic E-state index is 0.116. The van der Waals surface area contributed by atoms with Gasteiger partial charge in [-0.25, -0.2) is 0 Å². The van der Waals surface area contributed by atoms with E-state index in [4.69, 9.17) is 4.74 Å². The second-order valence-corrected chi connectivity index (χ2v) is 5.17. The van der Waals surface area contributed by atoms with Crippen LogP contribution in [0.25, 0.3) is 0 Å². The molecule has 0 aromatic rings. The van der Waals surface area contributed by atoms with Crippen LogP contribution in [0.15, 0.2) is 0 Å². The predicted octanol–water partition coefficient (Wildman–Crippen LogP) is -0.0976. The Hall–Kier alpha value is -0.940. The number of ether oxygens (including phenoxy) is 1. The zero-order valence-electron chi connectivity index (χ0n) is 9.85. The Kier molecular flexibility index (Phi) is 2.88. The van der Waals surface area contributed by atoms with E-state index < -0.39 is 0 Å². The lowest BCUT2D eigenvalue weighted by atomic mass is 10.0. The molecule has 3 heterocycles. The van der Waals surface area contributed by atoms with Crippen molar-refractivity contribution in [2.24, 2.45) is 5.92 Å². The van der Waals surface area contributed by atoms with Gasteiger partial charge in [-0.05, 0) is 44.7 Å². The lowest BCUT2D eigenvalue weighted by Gasteiger charge is -2.30. The first kappa shape index (κ1) is 11.2. The first-order valence-corrected chi connectivity index (χ1v) is 6.47. The highest BCUT2D eigenvalue weighted by atomic mass is 16.5. The zero-order chi connectivity index (χ0) is 11.8. The van der Waals surface area contributed by atoms with Gasteiger partial charge in [-0.1, -0.05) is 0 Å². The van der Waals surface area contributed by atoms with Gasteiger partial charge in [0.15, 0.2) is 0 Å². The summed E-state index contributed by atoms with van der Waals surface area (Å²) < 4.78 is 5.37. The maximum absolute atomic E-state index is 12.0. The van der Waals surface area contributed by atoms with E-state index >= 15 is 0 Å². The van der Waals surface area contributed by atoms with Crippen molar-refractivity contribution in [2.75, 3.05) is 19.6 Å². The van der Waals surface area contributed by atoms with Crippen molar-refractivity contribution < 1.29 is 14.3 Å². The maximum Gasteiger partial charge on any atom is 0.258 e. The van der Waals surface area contributed by atoms with Gasteiger partial charge in [-0.2, -0.15) is 0 Å². The van der Waals surface area contributed by atoms with E-state index in [1.807, 2.05) is 0 Å². The van der Waals surface area contributed by atoms with Crippen LogP contribution in [0, 0.1) is 5.92 Å². The molecular formula is C12H18N2O3. The van der Waals surface area contributed by atoms with Crippen LogP contribution in [0.5, 0.6) is 0 Å². The van der Waals surface area contributed by atoms with Crippen molar-refractivity contribution in [3.8, 4) is 0 Å². The molecule has 2 bridgehead atoms. The molecule has 3 fully saturated rings. The summed E-state index contributed by atoms with van der Waals surface area (Å²) in [6.45, 7) is 2.64. The monoisotopic (exact) mass is 238 g/mol. The van der Waals surface area contributed by atoms with Crippen LogP contribution in [0.2, 0.25) is 0 Å². The average molecular weight is 238 g/mol. The van der Waals surface area contributed by atoms with Gasteiger partial charge >= 0.3 is 0 Å². The van der Waals surface area contributed by atoms with Crippen LogP contribution < -0.4 is 5.32 Å². The summed E-state index contributed by atoms with van der Waals surface area (Å²) in [5, 5.41) is 3.30. The highest BCUT2D eigenvalue weighted by Gasteiger charge is 2.46. The van der Waals surface area contributed by atoms with E-state index in [9.17, 15) is 9.59 Å². The van der Waals surface area contributed by atoms with Crippen LogP contribution in [0.1, 0.15) is 25.7 Å². The van der Waals surface area contributed by atoms with E-state index in [1.54, 1.807) is 0 Å². The Bertz CT molecular complexity index is 317. The van der Waals surface area contributed by atoms with Gasteiger partial charge in [-0.3, -0.25) is 14.5 Å². The number of hydrogen-bond acceptors (Lipinski definition) is 4. The van der Waals surface area contributed by atoms with Gasteiger partial charge in [-0.15, -0.1) is 0 Å². The highest BCUT2D eigenvalue weighted by molar-refractivity contribution is 6.02. The number of hydrogen-bond donors (Lipinski definition) is 1. The Morgan fingerprint density at radius 3 is 2.47 bits per heavy atom. The Morgan fingerprint density at radius 1 is 1.18 bits per heavy atom. The molecule has 0 saturated carbocycles. The van der Waals surface area contributed by atoms with Gasteiger partial charge in [0.2, 0.25) is 0 Å². The van der Waals surface area contributed by atoms with Crippen molar-refractivity contribution >= 4 is 11.8 Å². The van der Waals surface area contributed by atoms with Gasteiger partial charge in [0, 0.05) is 6.54 Å². The Morgan fingerprint density at radius 2 is 1.88 bits per heavy atom. The average Bonchev–Trinajstić information content (AvgIpc) is 2.97. The van der Waals surface area contributed by atoms with E-state index in [2.05, 4.69) is 5.32 Å². The molecule has 0 radical (unpaired) electrons. The van der Waals surface area contributed by atoms with E-state index in [1.165, 1.54) is 4.90 Å². The van der Waals surface area contributed by atoms with Crippen molar-refractivity contribution in [3.63, 3.8) is 0 Å². The van der Waals surface area contributed by atoms with E-state index in [0.29, 0.717) is 25.3 Å². The van der Waals surface area contributed by atoms with Crippen LogP contribution >= 0.6 is 0 Å². The molecule has 3 unspecified atom stereocenters. The highest BCUT2D eigenvalue weighted by Crippen LogP contribution is 2.28. The normalized spacial score (nSPS) is 36.9. The van der Waals surface area contributed by atoms with Crippen LogP contribution in [-0.4, -0.2) is 48.6 Å². The van der Waals surface area contributed by atoms with Crippen molar-refractivity contribution in [1.29, 1.82) is 0 Å². The van der Waals surface area contributed by atoms with Gasteiger partial charge < -0.3 is 10.1 Å². The van der Waals surface area contributed by atoms with Gasteiger partial charge in [0.1, 0.15) is 12.2 Å². The molecule has 3 saturated heterocycles. The third-order valence-corrected chi connectivity index (χ3v) is 4.03. The summed E-state index contributed by atoms with van der Waals surface area (Å²) in [6.07, 6.45) is 2.79. The summed E-state index contributed by atoms with van der Waals surface area (Å²) in [6, 6.07) is 0. The first-order valence-electron chi connectivity index (χ1n) is 6.47. The summed E-state index contributed by atoms with van der Waals surface area (Å²) in [5.41, 5.74) is 0. The fourth-order valence-electron chi connectivity index (χ4n) is 2.95. The lowest BCUT2D eigenvalue weighted by Crippen LogP contribution is -2.52. The third kappa shape index (κ3) is 1.98. The van der Waals surface area contributed by atoms with Crippen LogP contribution in [0.4, 0.5) is 0 Å². The number of likely N-dealkylation sites (tertiary alicyclic amines) is 1. The molecule has 3 aliphatic heterocycles. The molecular weight excluding hydrogens is 220 g/mol. The van der Waals surface area contributed by atoms with Crippen molar-refractivity contribution in [2.45, 2.75) is 37.9 Å². The van der Waals surface area contributed by atoms with Crippen molar-refractivity contribution in [1.82, 2.24) is 10.2 Å². The van der Waals surface area contributed by atoms with E-state index in [-0.39, 0.29) is 24.0 Å². The minimum atomic E-state index is -0.348. The second-order valence-electron chi connectivity index (χ2n) is 5.17. The molecule has 0 aliphatic carbocycles. The number of rotatable bonds is 3. The Labute approximate surface area is 100 Å². The molecule has 0 spiro atoms. The molecule has 3 atom stereocenters. The molecule has 2 amide bonds. The van der Waals surface area contributed by atoms with Crippen LogP contribution in [0.3, 0.4) is 0 Å². The number of nitrogens with zero attached hydrogens (tertiary/aromatic N) is 1. The standard InChI is InChI=1S/C12H18N2O3/c15-11-9-1-2-10(17-9)12(16)14(11)6-4-8-3-5-13-7-8/h8-10,13H,1-7H2. The number of fused-ring (bicyclic) bond motifs is 2. The largest absolute Gasteiger partial charge is 0.355 e. The molecule has 5 heteroatoms.